The summed E-state index contributed by atoms with van der Waals surface area (Å²) in [5.74, 6) is 2.79. The van der Waals surface area contributed by atoms with Crippen LogP contribution in [-0.2, 0) is 0 Å². The summed E-state index contributed by atoms with van der Waals surface area (Å²) in [4.78, 5) is 0. The van der Waals surface area contributed by atoms with Crippen molar-refractivity contribution in [3.8, 4) is 0 Å². The molecule has 0 radical (unpaired) electrons. The van der Waals surface area contributed by atoms with Gasteiger partial charge in [-0.25, -0.2) is 0 Å². The average Bonchev–Trinajstić information content (AvgIpc) is 2.77. The Morgan fingerprint density at radius 2 is 2.00 bits per heavy atom. The molecule has 4 atom stereocenters. The molecule has 1 aliphatic carbocycles. The van der Waals surface area contributed by atoms with Gasteiger partial charge in [0.25, 0.3) is 0 Å². The minimum Gasteiger partial charge on any atom is -0.314 e. The molecular formula is C11H23N. The molecule has 0 spiro atoms. The van der Waals surface area contributed by atoms with Gasteiger partial charge in [-0.15, -0.1) is 0 Å². The first-order chi connectivity index (χ1) is 5.70. The highest BCUT2D eigenvalue weighted by atomic mass is 14.9. The number of rotatable bonds is 5. The molecule has 1 saturated carbocycles. The monoisotopic (exact) mass is 169 g/mol. The molecule has 1 nitrogen and oxygen atoms in total. The lowest BCUT2D eigenvalue weighted by molar-refractivity contribution is 0.329. The lowest BCUT2D eigenvalue weighted by atomic mass is 9.94. The van der Waals surface area contributed by atoms with Crippen molar-refractivity contribution in [3.05, 3.63) is 0 Å². The lowest BCUT2D eigenvalue weighted by Gasteiger charge is -2.23. The minimum atomic E-state index is 0.787. The molecule has 1 aliphatic rings. The van der Waals surface area contributed by atoms with Crippen molar-refractivity contribution in [1.82, 2.24) is 5.32 Å². The van der Waals surface area contributed by atoms with Crippen LogP contribution in [0.3, 0.4) is 0 Å². The summed E-state index contributed by atoms with van der Waals surface area (Å²) in [6.07, 6.45) is 2.75. The SMILES string of the molecule is CCNC(C(C)CC)C1CC1C. The summed E-state index contributed by atoms with van der Waals surface area (Å²) in [7, 11) is 0. The third-order valence-electron chi connectivity index (χ3n) is 3.33. The van der Waals surface area contributed by atoms with Gasteiger partial charge in [-0.3, -0.25) is 0 Å². The number of nitrogens with one attached hydrogen (secondary N) is 1. The van der Waals surface area contributed by atoms with Crippen LogP contribution < -0.4 is 5.32 Å². The average molecular weight is 169 g/mol. The predicted molar refractivity (Wildman–Crippen MR) is 54.2 cm³/mol. The third kappa shape index (κ3) is 2.22. The van der Waals surface area contributed by atoms with Crippen LogP contribution in [-0.4, -0.2) is 12.6 Å². The Morgan fingerprint density at radius 3 is 2.33 bits per heavy atom. The zero-order valence-corrected chi connectivity index (χ0v) is 8.93. The van der Waals surface area contributed by atoms with E-state index in [1.54, 1.807) is 0 Å². The maximum Gasteiger partial charge on any atom is 0.0123 e. The van der Waals surface area contributed by atoms with E-state index in [4.69, 9.17) is 0 Å². The summed E-state index contributed by atoms with van der Waals surface area (Å²) in [6.45, 7) is 10.4. The van der Waals surface area contributed by atoms with Crippen molar-refractivity contribution in [1.29, 1.82) is 0 Å². The maximum atomic E-state index is 3.63. The van der Waals surface area contributed by atoms with Crippen LogP contribution in [0.15, 0.2) is 0 Å². The third-order valence-corrected chi connectivity index (χ3v) is 3.33. The second kappa shape index (κ2) is 4.27. The van der Waals surface area contributed by atoms with E-state index in [1.807, 2.05) is 0 Å². The van der Waals surface area contributed by atoms with Crippen LogP contribution >= 0.6 is 0 Å². The van der Waals surface area contributed by atoms with Crippen molar-refractivity contribution in [2.45, 2.75) is 46.6 Å². The van der Waals surface area contributed by atoms with Crippen LogP contribution in [0, 0.1) is 17.8 Å². The summed E-state index contributed by atoms with van der Waals surface area (Å²) in [5.41, 5.74) is 0. The van der Waals surface area contributed by atoms with Gasteiger partial charge in [0.2, 0.25) is 0 Å². The van der Waals surface area contributed by atoms with Crippen molar-refractivity contribution < 1.29 is 0 Å². The fourth-order valence-corrected chi connectivity index (χ4v) is 2.12. The molecule has 0 bridgehead atoms. The Morgan fingerprint density at radius 1 is 1.42 bits per heavy atom. The number of hydrogen-bond acceptors (Lipinski definition) is 1. The van der Waals surface area contributed by atoms with Crippen LogP contribution in [0.1, 0.15) is 40.5 Å². The van der Waals surface area contributed by atoms with Gasteiger partial charge < -0.3 is 5.32 Å². The zero-order valence-electron chi connectivity index (χ0n) is 8.93. The molecule has 1 N–H and O–H groups in total. The first-order valence-electron chi connectivity index (χ1n) is 5.44. The smallest absolute Gasteiger partial charge is 0.0123 e. The molecule has 1 rings (SSSR count). The first-order valence-corrected chi connectivity index (χ1v) is 5.44. The molecule has 1 fully saturated rings. The fraction of sp³-hybridized carbons (Fsp3) is 1.00. The highest BCUT2D eigenvalue weighted by Gasteiger charge is 2.40. The summed E-state index contributed by atoms with van der Waals surface area (Å²) in [5, 5.41) is 3.63. The maximum absolute atomic E-state index is 3.63. The normalized spacial score (nSPS) is 33.0. The number of hydrogen-bond donors (Lipinski definition) is 1. The second-order valence-corrected chi connectivity index (χ2v) is 4.35. The molecule has 0 amide bonds. The molecule has 1 heteroatoms. The van der Waals surface area contributed by atoms with Gasteiger partial charge in [0.1, 0.15) is 0 Å². The molecule has 0 heterocycles. The van der Waals surface area contributed by atoms with E-state index in [-0.39, 0.29) is 0 Å². The van der Waals surface area contributed by atoms with Gasteiger partial charge in [0.05, 0.1) is 0 Å². The molecule has 0 aliphatic heterocycles. The van der Waals surface area contributed by atoms with Gasteiger partial charge in [-0.05, 0) is 30.7 Å². The topological polar surface area (TPSA) is 12.0 Å². The minimum absolute atomic E-state index is 0.787. The Labute approximate surface area is 76.9 Å². The van der Waals surface area contributed by atoms with E-state index in [0.29, 0.717) is 0 Å². The molecule has 72 valence electrons. The molecular weight excluding hydrogens is 146 g/mol. The van der Waals surface area contributed by atoms with Crippen LogP contribution in [0.4, 0.5) is 0 Å². The summed E-state index contributed by atoms with van der Waals surface area (Å²) >= 11 is 0. The highest BCUT2D eigenvalue weighted by Crippen LogP contribution is 2.43. The second-order valence-electron chi connectivity index (χ2n) is 4.35. The molecule has 0 aromatic heterocycles. The van der Waals surface area contributed by atoms with E-state index >= 15 is 0 Å². The van der Waals surface area contributed by atoms with E-state index < -0.39 is 0 Å². The molecule has 4 unspecified atom stereocenters. The Hall–Kier alpha value is -0.0400. The molecule has 12 heavy (non-hydrogen) atoms. The summed E-state index contributed by atoms with van der Waals surface area (Å²) in [6, 6.07) is 0.787. The van der Waals surface area contributed by atoms with Gasteiger partial charge >= 0.3 is 0 Å². The molecule has 0 aromatic carbocycles. The van der Waals surface area contributed by atoms with E-state index in [0.717, 1.165) is 30.3 Å². The van der Waals surface area contributed by atoms with Gasteiger partial charge in [-0.1, -0.05) is 34.1 Å². The fourth-order valence-electron chi connectivity index (χ4n) is 2.12. The van der Waals surface area contributed by atoms with Crippen LogP contribution in [0.2, 0.25) is 0 Å². The standard InChI is InChI=1S/C11H23N/c1-5-8(3)11(12-6-2)10-7-9(10)4/h8-12H,5-7H2,1-4H3. The first kappa shape index (κ1) is 10.0. The van der Waals surface area contributed by atoms with Gasteiger partial charge in [0, 0.05) is 6.04 Å². The molecule has 0 saturated heterocycles. The largest absolute Gasteiger partial charge is 0.314 e. The van der Waals surface area contributed by atoms with Crippen molar-refractivity contribution >= 4 is 0 Å². The quantitative estimate of drug-likeness (QED) is 0.667. The Kier molecular flexibility index (Phi) is 3.57. The van der Waals surface area contributed by atoms with Crippen LogP contribution in [0.5, 0.6) is 0 Å². The van der Waals surface area contributed by atoms with Crippen molar-refractivity contribution in [2.75, 3.05) is 6.54 Å². The van der Waals surface area contributed by atoms with Crippen molar-refractivity contribution in [2.24, 2.45) is 17.8 Å². The molecule has 0 aromatic rings. The predicted octanol–water partition coefficient (Wildman–Crippen LogP) is 2.67. The zero-order chi connectivity index (χ0) is 9.14. The Bertz CT molecular complexity index is 129. The van der Waals surface area contributed by atoms with E-state index in [2.05, 4.69) is 33.0 Å². The Balaban J connectivity index is 2.38. The van der Waals surface area contributed by atoms with E-state index in [9.17, 15) is 0 Å². The van der Waals surface area contributed by atoms with Gasteiger partial charge in [0.15, 0.2) is 0 Å². The van der Waals surface area contributed by atoms with Crippen LogP contribution in [0.25, 0.3) is 0 Å². The van der Waals surface area contributed by atoms with Gasteiger partial charge in [-0.2, -0.15) is 0 Å². The summed E-state index contributed by atoms with van der Waals surface area (Å²) < 4.78 is 0. The van der Waals surface area contributed by atoms with E-state index in [1.165, 1.54) is 12.8 Å². The van der Waals surface area contributed by atoms with Crippen molar-refractivity contribution in [3.63, 3.8) is 0 Å². The lowest BCUT2D eigenvalue weighted by Crippen LogP contribution is -2.37. The highest BCUT2D eigenvalue weighted by molar-refractivity contribution is 4.94.